The van der Waals surface area contributed by atoms with Gasteiger partial charge in [0.1, 0.15) is 5.75 Å². The number of rotatable bonds is 9. The average molecular weight is 441 g/mol. The molecule has 0 spiro atoms. The first-order chi connectivity index (χ1) is 14.9. The Kier molecular flexibility index (Phi) is 6.56. The fourth-order valence-corrected chi connectivity index (χ4v) is 4.42. The van der Waals surface area contributed by atoms with Crippen LogP contribution in [-0.2, 0) is 24.3 Å². The minimum absolute atomic E-state index is 0.0123. The quantitative estimate of drug-likeness (QED) is 0.308. The molecule has 160 valence electrons. The van der Waals surface area contributed by atoms with Gasteiger partial charge in [0.05, 0.1) is 17.7 Å². The molecule has 0 fully saturated rings. The van der Waals surface area contributed by atoms with Crippen molar-refractivity contribution in [3.05, 3.63) is 72.3 Å². The zero-order valence-corrected chi connectivity index (χ0v) is 17.3. The van der Waals surface area contributed by atoms with Crippen molar-refractivity contribution in [3.8, 4) is 5.75 Å². The highest BCUT2D eigenvalue weighted by atomic mass is 32.2. The molecule has 31 heavy (non-hydrogen) atoms. The smallest absolute Gasteiger partial charge is 0.328 e. The van der Waals surface area contributed by atoms with Crippen LogP contribution in [0.5, 0.6) is 5.75 Å². The zero-order valence-electron chi connectivity index (χ0n) is 16.5. The molecular weight excluding hydrogens is 422 g/mol. The summed E-state index contributed by atoms with van der Waals surface area (Å²) in [5, 5.41) is 10.1. The molecule has 3 rings (SSSR count). The van der Waals surface area contributed by atoms with Crippen molar-refractivity contribution in [2.45, 2.75) is 4.90 Å². The molecule has 0 atom stereocenters. The molecule has 9 heteroatoms. The monoisotopic (exact) mass is 441 g/mol. The number of carbonyl (C=O) groups excluding carboxylic acids is 1. The number of carbonyl (C=O) groups is 2. The van der Waals surface area contributed by atoms with E-state index in [9.17, 15) is 18.0 Å². The largest absolute Gasteiger partial charge is 0.497 e. The van der Waals surface area contributed by atoms with Crippen molar-refractivity contribution >= 4 is 45.0 Å². The molecule has 1 N–H and O–H groups in total. The molecule has 0 aliphatic heterocycles. The van der Waals surface area contributed by atoms with Crippen LogP contribution >= 0.6 is 0 Å². The van der Waals surface area contributed by atoms with Crippen LogP contribution in [0.2, 0.25) is 0 Å². The SMILES string of the molecule is COc1ccc(S(=O)(=O)N(COC=O)c2ccc(/C=C/C(=O)O)c3ccccc23)cc1. The highest BCUT2D eigenvalue weighted by molar-refractivity contribution is 7.92. The molecule has 3 aromatic rings. The van der Waals surface area contributed by atoms with Crippen molar-refractivity contribution in [1.29, 1.82) is 0 Å². The van der Waals surface area contributed by atoms with Crippen molar-refractivity contribution < 1.29 is 32.6 Å². The summed E-state index contributed by atoms with van der Waals surface area (Å²) in [6.45, 7) is -0.366. The molecule has 0 saturated heterocycles. The number of carboxylic acids is 1. The Morgan fingerprint density at radius 1 is 1.03 bits per heavy atom. The van der Waals surface area contributed by atoms with Crippen LogP contribution in [0.4, 0.5) is 5.69 Å². The lowest BCUT2D eigenvalue weighted by molar-refractivity contribution is -0.131. The standard InChI is InChI=1S/C22H19NO7S/c1-29-17-8-10-18(11-9-17)31(27,28)23(14-30-15-24)21-12-6-16(7-13-22(25)26)19-4-2-3-5-20(19)21/h2-13,15H,14H2,1H3,(H,25,26)/b13-7+. The predicted octanol–water partition coefficient (Wildman–Crippen LogP) is 3.27. The van der Waals surface area contributed by atoms with Crippen molar-refractivity contribution in [1.82, 2.24) is 0 Å². The van der Waals surface area contributed by atoms with Gasteiger partial charge < -0.3 is 14.6 Å². The van der Waals surface area contributed by atoms with Gasteiger partial charge in [-0.25, -0.2) is 17.5 Å². The minimum atomic E-state index is -4.10. The van der Waals surface area contributed by atoms with Crippen LogP contribution in [0.25, 0.3) is 16.8 Å². The van der Waals surface area contributed by atoms with E-state index in [-0.39, 0.29) is 17.1 Å². The number of hydrogen-bond acceptors (Lipinski definition) is 6. The highest BCUT2D eigenvalue weighted by Gasteiger charge is 2.27. The van der Waals surface area contributed by atoms with E-state index in [1.165, 1.54) is 37.5 Å². The number of carboxylic acid groups (broad SMARTS) is 1. The van der Waals surface area contributed by atoms with Gasteiger partial charge in [-0.3, -0.25) is 4.79 Å². The maximum Gasteiger partial charge on any atom is 0.328 e. The maximum atomic E-state index is 13.4. The number of aliphatic carboxylic acids is 1. The molecule has 0 saturated carbocycles. The van der Waals surface area contributed by atoms with Gasteiger partial charge in [-0.05, 0) is 47.4 Å². The highest BCUT2D eigenvalue weighted by Crippen LogP contribution is 2.33. The number of ether oxygens (including phenoxy) is 2. The molecule has 8 nitrogen and oxygen atoms in total. The van der Waals surface area contributed by atoms with Crippen LogP contribution in [0.3, 0.4) is 0 Å². The summed E-state index contributed by atoms with van der Waals surface area (Å²) in [6.07, 6.45) is 2.43. The third-order valence-corrected chi connectivity index (χ3v) is 6.27. The van der Waals surface area contributed by atoms with Crippen molar-refractivity contribution in [2.24, 2.45) is 0 Å². The summed E-state index contributed by atoms with van der Waals surface area (Å²) in [4.78, 5) is 21.7. The average Bonchev–Trinajstić information content (AvgIpc) is 2.78. The van der Waals surface area contributed by atoms with Gasteiger partial charge >= 0.3 is 5.97 Å². The number of nitrogens with zero attached hydrogens (tertiary/aromatic N) is 1. The van der Waals surface area contributed by atoms with Gasteiger partial charge in [0.25, 0.3) is 16.5 Å². The number of methoxy groups -OCH3 is 1. The Hall–Kier alpha value is -3.85. The maximum absolute atomic E-state index is 13.4. The summed E-state index contributed by atoms with van der Waals surface area (Å²) in [5.74, 6) is -0.606. The molecule has 0 heterocycles. The van der Waals surface area contributed by atoms with Crippen molar-refractivity contribution in [3.63, 3.8) is 0 Å². The second kappa shape index (κ2) is 9.31. The number of benzene rings is 3. The lowest BCUT2D eigenvalue weighted by Gasteiger charge is -2.25. The topological polar surface area (TPSA) is 110 Å². The second-order valence-electron chi connectivity index (χ2n) is 6.31. The van der Waals surface area contributed by atoms with E-state index in [1.807, 2.05) is 0 Å². The fourth-order valence-electron chi connectivity index (χ4n) is 3.07. The van der Waals surface area contributed by atoms with Crippen LogP contribution < -0.4 is 9.04 Å². The van der Waals surface area contributed by atoms with Gasteiger partial charge in [-0.15, -0.1) is 0 Å². The molecule has 0 bridgehead atoms. The summed E-state index contributed by atoms with van der Waals surface area (Å²) < 4.78 is 37.6. The number of sulfonamides is 1. The van der Waals surface area contributed by atoms with E-state index >= 15 is 0 Å². The molecule has 0 aromatic heterocycles. The third kappa shape index (κ3) is 4.67. The summed E-state index contributed by atoms with van der Waals surface area (Å²) in [5.41, 5.74) is 0.876. The van der Waals surface area contributed by atoms with Gasteiger partial charge in [0.2, 0.25) is 0 Å². The first kappa shape index (κ1) is 21.8. The Morgan fingerprint density at radius 3 is 2.32 bits per heavy atom. The van der Waals surface area contributed by atoms with E-state index in [2.05, 4.69) is 0 Å². The Morgan fingerprint density at radius 2 is 1.71 bits per heavy atom. The Balaban J connectivity index is 2.17. The van der Waals surface area contributed by atoms with Crippen LogP contribution in [0.15, 0.2) is 71.6 Å². The zero-order chi connectivity index (χ0) is 22.4. The van der Waals surface area contributed by atoms with E-state index in [0.717, 1.165) is 10.4 Å². The van der Waals surface area contributed by atoms with Gasteiger partial charge in [-0.2, -0.15) is 0 Å². The van der Waals surface area contributed by atoms with E-state index < -0.39 is 22.7 Å². The molecule has 0 unspecified atom stereocenters. The Labute approximate surface area is 179 Å². The lowest BCUT2D eigenvalue weighted by Crippen LogP contribution is -2.33. The molecule has 0 amide bonds. The summed E-state index contributed by atoms with van der Waals surface area (Å²) in [7, 11) is -2.63. The number of fused-ring (bicyclic) bond motifs is 1. The second-order valence-corrected chi connectivity index (χ2v) is 8.17. The number of hydrogen-bond donors (Lipinski definition) is 1. The van der Waals surface area contributed by atoms with Crippen LogP contribution in [-0.4, -0.2) is 39.8 Å². The van der Waals surface area contributed by atoms with E-state index in [4.69, 9.17) is 14.6 Å². The predicted molar refractivity (Wildman–Crippen MR) is 115 cm³/mol. The molecular formula is C22H19NO7S. The summed E-state index contributed by atoms with van der Waals surface area (Å²) in [6, 6.07) is 15.9. The van der Waals surface area contributed by atoms with Crippen LogP contribution in [0.1, 0.15) is 5.56 Å². The van der Waals surface area contributed by atoms with Crippen molar-refractivity contribution in [2.75, 3.05) is 18.1 Å². The molecule has 0 aliphatic rings. The van der Waals surface area contributed by atoms with E-state index in [0.29, 0.717) is 22.1 Å². The van der Waals surface area contributed by atoms with Gasteiger partial charge in [-0.1, -0.05) is 30.3 Å². The first-order valence-electron chi connectivity index (χ1n) is 9.03. The fraction of sp³-hybridized carbons (Fsp3) is 0.0909. The van der Waals surface area contributed by atoms with E-state index in [1.54, 1.807) is 36.4 Å². The third-order valence-electron chi connectivity index (χ3n) is 4.52. The summed E-state index contributed by atoms with van der Waals surface area (Å²) >= 11 is 0. The number of anilines is 1. The normalized spacial score (nSPS) is 11.4. The minimum Gasteiger partial charge on any atom is -0.497 e. The Bertz CT molecular complexity index is 1230. The van der Waals surface area contributed by atoms with Gasteiger partial charge in [0.15, 0.2) is 6.73 Å². The van der Waals surface area contributed by atoms with Crippen LogP contribution in [0, 0.1) is 0 Å². The first-order valence-corrected chi connectivity index (χ1v) is 10.5. The van der Waals surface area contributed by atoms with Gasteiger partial charge in [0, 0.05) is 11.5 Å². The lowest BCUT2D eigenvalue weighted by atomic mass is 10.0. The molecule has 0 aliphatic carbocycles. The molecule has 3 aromatic carbocycles. The molecule has 0 radical (unpaired) electrons.